The number of benzene rings is 2. The Hall–Kier alpha value is -3.18. The van der Waals surface area contributed by atoms with Crippen molar-refractivity contribution in [3.05, 3.63) is 87.1 Å². The quantitative estimate of drug-likeness (QED) is 0.537. The molecule has 0 bridgehead atoms. The summed E-state index contributed by atoms with van der Waals surface area (Å²) in [6, 6.07) is 16.0. The fraction of sp³-hybridized carbons (Fsp3) is 0.0500. The molecule has 0 atom stereocenters. The van der Waals surface area contributed by atoms with Gasteiger partial charge in [0, 0.05) is 16.1 Å². The van der Waals surface area contributed by atoms with Gasteiger partial charge in [0.2, 0.25) is 5.78 Å². The molecule has 0 spiro atoms. The number of nitrogens with zero attached hydrogens (tertiary/aromatic N) is 1. The number of rotatable bonds is 3. The van der Waals surface area contributed by atoms with Crippen LogP contribution in [0.15, 0.2) is 59.4 Å². The maximum atomic E-state index is 13.1. The molecule has 2 heterocycles. The first-order valence-corrected chi connectivity index (χ1v) is 8.40. The van der Waals surface area contributed by atoms with Gasteiger partial charge in [-0.1, -0.05) is 54.1 Å². The van der Waals surface area contributed by atoms with E-state index in [-0.39, 0.29) is 5.78 Å². The molecule has 0 saturated carbocycles. The number of fused-ring (bicyclic) bond motifs is 1. The van der Waals surface area contributed by atoms with Gasteiger partial charge >= 0.3 is 0 Å². The van der Waals surface area contributed by atoms with E-state index < -0.39 is 5.56 Å². The molecule has 0 unspecified atom stereocenters. The number of carbonyl (C=O) groups is 1. The first kappa shape index (κ1) is 16.3. The summed E-state index contributed by atoms with van der Waals surface area (Å²) in [7, 11) is 0. The summed E-state index contributed by atoms with van der Waals surface area (Å²) in [4.78, 5) is 35.7. The third kappa shape index (κ3) is 2.72. The standard InChI is InChI=1S/C20H14ClN3O2/c1-11-22-19-16(20(26)23-11)15(13-8-5-9-14(21)10-13)17(24-19)18(25)12-6-3-2-4-7-12/h2-10H,1H3,(H2,22,23,24,26). The molecule has 0 amide bonds. The summed E-state index contributed by atoms with van der Waals surface area (Å²) < 4.78 is 0. The molecule has 6 heteroatoms. The SMILES string of the molecule is Cc1nc(=O)c2c(-c3cccc(Cl)c3)c(C(=O)c3ccccc3)[nH]c2[nH]1. The lowest BCUT2D eigenvalue weighted by Crippen LogP contribution is -2.09. The van der Waals surface area contributed by atoms with Gasteiger partial charge in [0.1, 0.15) is 11.5 Å². The van der Waals surface area contributed by atoms with Crippen molar-refractivity contribution in [1.29, 1.82) is 0 Å². The van der Waals surface area contributed by atoms with Crippen LogP contribution in [0.1, 0.15) is 21.9 Å². The van der Waals surface area contributed by atoms with E-state index in [2.05, 4.69) is 15.0 Å². The van der Waals surface area contributed by atoms with Gasteiger partial charge in [0.25, 0.3) is 5.56 Å². The number of carbonyl (C=O) groups excluding carboxylic acids is 1. The van der Waals surface area contributed by atoms with Crippen LogP contribution in [0.3, 0.4) is 0 Å². The lowest BCUT2D eigenvalue weighted by molar-refractivity contribution is 0.103. The van der Waals surface area contributed by atoms with E-state index in [4.69, 9.17) is 11.6 Å². The highest BCUT2D eigenvalue weighted by atomic mass is 35.5. The largest absolute Gasteiger partial charge is 0.337 e. The molecular weight excluding hydrogens is 350 g/mol. The fourth-order valence-corrected chi connectivity index (χ4v) is 3.25. The van der Waals surface area contributed by atoms with E-state index >= 15 is 0 Å². The molecule has 128 valence electrons. The van der Waals surface area contributed by atoms with Crippen molar-refractivity contribution in [3.63, 3.8) is 0 Å². The maximum absolute atomic E-state index is 13.1. The van der Waals surface area contributed by atoms with Crippen molar-refractivity contribution in [1.82, 2.24) is 15.0 Å². The molecule has 26 heavy (non-hydrogen) atoms. The van der Waals surface area contributed by atoms with E-state index in [1.54, 1.807) is 49.4 Å². The van der Waals surface area contributed by atoms with E-state index in [0.717, 1.165) is 0 Å². The van der Waals surface area contributed by atoms with Crippen molar-refractivity contribution < 1.29 is 4.79 Å². The van der Waals surface area contributed by atoms with Gasteiger partial charge in [-0.05, 0) is 24.6 Å². The monoisotopic (exact) mass is 363 g/mol. The summed E-state index contributed by atoms with van der Waals surface area (Å²) in [5.74, 6) is 0.266. The number of aromatic nitrogens is 3. The Morgan fingerprint density at radius 2 is 1.81 bits per heavy atom. The Kier molecular flexibility index (Phi) is 3.93. The fourth-order valence-electron chi connectivity index (χ4n) is 3.06. The van der Waals surface area contributed by atoms with Crippen molar-refractivity contribution >= 4 is 28.4 Å². The van der Waals surface area contributed by atoms with Crippen LogP contribution < -0.4 is 5.56 Å². The van der Waals surface area contributed by atoms with Gasteiger partial charge in [0.05, 0.1) is 11.1 Å². The lowest BCUT2D eigenvalue weighted by Gasteiger charge is -2.05. The maximum Gasteiger partial charge on any atom is 0.283 e. The van der Waals surface area contributed by atoms with Crippen LogP contribution in [-0.4, -0.2) is 20.7 Å². The second kappa shape index (κ2) is 6.28. The Morgan fingerprint density at radius 3 is 2.54 bits per heavy atom. The summed E-state index contributed by atoms with van der Waals surface area (Å²) in [5, 5.41) is 0.864. The van der Waals surface area contributed by atoms with Crippen LogP contribution in [0.5, 0.6) is 0 Å². The van der Waals surface area contributed by atoms with Crippen LogP contribution in [-0.2, 0) is 0 Å². The van der Waals surface area contributed by atoms with Crippen LogP contribution in [0.4, 0.5) is 0 Å². The Balaban J connectivity index is 2.07. The highest BCUT2D eigenvalue weighted by Gasteiger charge is 2.23. The Bertz CT molecular complexity index is 1190. The van der Waals surface area contributed by atoms with Crippen molar-refractivity contribution in [3.8, 4) is 11.1 Å². The zero-order valence-corrected chi connectivity index (χ0v) is 14.6. The Labute approximate surface area is 153 Å². The number of aromatic amines is 2. The predicted molar refractivity (Wildman–Crippen MR) is 102 cm³/mol. The average molecular weight is 364 g/mol. The van der Waals surface area contributed by atoms with Crippen LogP contribution >= 0.6 is 11.6 Å². The molecule has 5 nitrogen and oxygen atoms in total. The second-order valence-electron chi connectivity index (χ2n) is 5.96. The number of aryl methyl sites for hydroxylation is 1. The first-order chi connectivity index (χ1) is 12.5. The molecular formula is C20H14ClN3O2. The molecule has 0 aliphatic heterocycles. The first-order valence-electron chi connectivity index (χ1n) is 8.03. The normalized spacial score (nSPS) is 11.0. The van der Waals surface area contributed by atoms with Gasteiger partial charge in [-0.3, -0.25) is 9.59 Å². The second-order valence-corrected chi connectivity index (χ2v) is 6.39. The molecule has 4 rings (SSSR count). The van der Waals surface area contributed by atoms with Gasteiger partial charge in [-0.25, -0.2) is 0 Å². The van der Waals surface area contributed by atoms with E-state index in [1.807, 2.05) is 12.1 Å². The zero-order valence-electron chi connectivity index (χ0n) is 13.8. The number of halogens is 1. The van der Waals surface area contributed by atoms with Crippen molar-refractivity contribution in [2.75, 3.05) is 0 Å². The highest BCUT2D eigenvalue weighted by molar-refractivity contribution is 6.31. The number of hydrogen-bond donors (Lipinski definition) is 2. The van der Waals surface area contributed by atoms with Crippen LogP contribution in [0.25, 0.3) is 22.2 Å². The molecule has 0 fully saturated rings. The lowest BCUT2D eigenvalue weighted by atomic mass is 9.98. The molecule has 0 radical (unpaired) electrons. The average Bonchev–Trinajstić information content (AvgIpc) is 3.01. The topological polar surface area (TPSA) is 78.6 Å². The number of nitrogens with one attached hydrogen (secondary N) is 2. The van der Waals surface area contributed by atoms with Gasteiger partial charge in [-0.15, -0.1) is 0 Å². The Morgan fingerprint density at radius 1 is 1.04 bits per heavy atom. The molecule has 2 aromatic heterocycles. The number of H-pyrrole nitrogens is 2. The van der Waals surface area contributed by atoms with Crippen LogP contribution in [0.2, 0.25) is 5.02 Å². The molecule has 4 aromatic rings. The van der Waals surface area contributed by atoms with E-state index in [0.29, 0.717) is 44.3 Å². The third-order valence-corrected chi connectivity index (χ3v) is 4.40. The molecule has 2 N–H and O–H groups in total. The minimum absolute atomic E-state index is 0.206. The summed E-state index contributed by atoms with van der Waals surface area (Å²) in [5.41, 5.74) is 2.12. The van der Waals surface area contributed by atoms with Crippen LogP contribution in [0, 0.1) is 6.92 Å². The molecule has 2 aromatic carbocycles. The van der Waals surface area contributed by atoms with Crippen molar-refractivity contribution in [2.45, 2.75) is 6.92 Å². The molecule has 0 aliphatic rings. The van der Waals surface area contributed by atoms with E-state index in [9.17, 15) is 9.59 Å². The van der Waals surface area contributed by atoms with Gasteiger partial charge in [-0.2, -0.15) is 4.98 Å². The molecule has 0 saturated heterocycles. The van der Waals surface area contributed by atoms with Gasteiger partial charge in [0.15, 0.2) is 0 Å². The summed E-state index contributed by atoms with van der Waals surface area (Å²) >= 11 is 6.13. The highest BCUT2D eigenvalue weighted by Crippen LogP contribution is 2.32. The minimum Gasteiger partial charge on any atom is -0.337 e. The zero-order chi connectivity index (χ0) is 18.3. The number of hydrogen-bond acceptors (Lipinski definition) is 3. The minimum atomic E-state index is -0.394. The smallest absolute Gasteiger partial charge is 0.283 e. The van der Waals surface area contributed by atoms with Crippen molar-refractivity contribution in [2.24, 2.45) is 0 Å². The third-order valence-electron chi connectivity index (χ3n) is 4.17. The summed E-state index contributed by atoms with van der Waals surface area (Å²) in [6.07, 6.45) is 0. The van der Waals surface area contributed by atoms with E-state index in [1.165, 1.54) is 0 Å². The summed E-state index contributed by atoms with van der Waals surface area (Å²) in [6.45, 7) is 1.69. The molecule has 0 aliphatic carbocycles. The predicted octanol–water partition coefficient (Wildman–Crippen LogP) is 4.11. The number of ketones is 1. The van der Waals surface area contributed by atoms with Gasteiger partial charge < -0.3 is 9.97 Å².